The van der Waals surface area contributed by atoms with E-state index in [0.29, 0.717) is 17.1 Å². The van der Waals surface area contributed by atoms with Crippen LogP contribution in [-0.2, 0) is 22.3 Å². The van der Waals surface area contributed by atoms with Crippen molar-refractivity contribution in [2.75, 3.05) is 14.1 Å². The lowest BCUT2D eigenvalue weighted by molar-refractivity contribution is 0.0827. The Labute approximate surface area is 140 Å². The maximum atomic E-state index is 12.5. The van der Waals surface area contributed by atoms with Crippen LogP contribution in [0.1, 0.15) is 32.6 Å². The van der Waals surface area contributed by atoms with Gasteiger partial charge in [-0.3, -0.25) is 9.00 Å². The smallest absolute Gasteiger partial charge is 0.253 e. The van der Waals surface area contributed by atoms with Gasteiger partial charge >= 0.3 is 0 Å². The Morgan fingerprint density at radius 3 is 2.48 bits per heavy atom. The third-order valence-electron chi connectivity index (χ3n) is 3.73. The Morgan fingerprint density at radius 2 is 1.78 bits per heavy atom. The molecule has 122 valence electrons. The minimum atomic E-state index is -0.998. The maximum Gasteiger partial charge on any atom is 0.253 e. The van der Waals surface area contributed by atoms with Crippen LogP contribution in [0, 0.1) is 13.8 Å². The maximum absolute atomic E-state index is 12.5. The molecule has 1 amide bonds. The van der Waals surface area contributed by atoms with Gasteiger partial charge < -0.3 is 4.90 Å². The molecule has 0 heterocycles. The molecule has 0 radical (unpaired) electrons. The van der Waals surface area contributed by atoms with Gasteiger partial charge in [0, 0.05) is 42.0 Å². The molecule has 0 unspecified atom stereocenters. The fourth-order valence-electron chi connectivity index (χ4n) is 2.42. The first-order chi connectivity index (χ1) is 10.9. The first-order valence-electron chi connectivity index (χ1n) is 7.58. The topological polar surface area (TPSA) is 37.4 Å². The van der Waals surface area contributed by atoms with Crippen LogP contribution in [0.15, 0.2) is 42.5 Å². The monoisotopic (exact) mass is 329 g/mol. The zero-order valence-corrected chi connectivity index (χ0v) is 14.9. The quantitative estimate of drug-likeness (QED) is 0.842. The summed E-state index contributed by atoms with van der Waals surface area (Å²) in [5.74, 6) is 0.966. The molecule has 0 aliphatic heterocycles. The predicted molar refractivity (Wildman–Crippen MR) is 95.9 cm³/mol. The predicted octanol–water partition coefficient (Wildman–Crippen LogP) is 3.45. The molecular weight excluding hydrogens is 306 g/mol. The molecule has 0 N–H and O–H groups in total. The minimum absolute atomic E-state index is 0.0350. The van der Waals surface area contributed by atoms with Gasteiger partial charge in [-0.15, -0.1) is 0 Å². The molecule has 2 aromatic carbocycles. The van der Waals surface area contributed by atoms with Crippen molar-refractivity contribution >= 4 is 16.7 Å². The number of hydrogen-bond donors (Lipinski definition) is 0. The minimum Gasteiger partial charge on any atom is -0.345 e. The fraction of sp³-hybridized carbons (Fsp3) is 0.316. The Balaban J connectivity index is 2.10. The van der Waals surface area contributed by atoms with Gasteiger partial charge in [-0.25, -0.2) is 0 Å². The van der Waals surface area contributed by atoms with Crippen molar-refractivity contribution in [2.24, 2.45) is 0 Å². The van der Waals surface area contributed by atoms with Crippen LogP contribution in [0.25, 0.3) is 0 Å². The molecule has 0 aliphatic carbocycles. The van der Waals surface area contributed by atoms with E-state index in [-0.39, 0.29) is 5.91 Å². The molecule has 0 spiro atoms. The van der Waals surface area contributed by atoms with Crippen LogP contribution in [0.5, 0.6) is 0 Å². The Kier molecular flexibility index (Phi) is 5.72. The molecule has 2 aromatic rings. The van der Waals surface area contributed by atoms with E-state index in [0.717, 1.165) is 11.1 Å². The third-order valence-corrected chi connectivity index (χ3v) is 5.02. The number of amides is 1. The summed E-state index contributed by atoms with van der Waals surface area (Å²) in [4.78, 5) is 13.6. The summed E-state index contributed by atoms with van der Waals surface area (Å²) in [7, 11) is 2.46. The van der Waals surface area contributed by atoms with Crippen molar-refractivity contribution in [1.29, 1.82) is 0 Å². The number of hydrogen-bond acceptors (Lipinski definition) is 2. The SMILES string of the molecule is Cc1ccc(C)c(C[S@](=O)Cc2cccc(C(=O)N(C)C)c2)c1. The number of nitrogens with zero attached hydrogens (tertiary/aromatic N) is 1. The number of benzene rings is 2. The van der Waals surface area contributed by atoms with Crippen LogP contribution in [0.2, 0.25) is 0 Å². The Hall–Kier alpha value is -1.94. The molecule has 0 saturated heterocycles. The highest BCUT2D eigenvalue weighted by atomic mass is 32.2. The number of carbonyl (C=O) groups is 1. The van der Waals surface area contributed by atoms with Crippen LogP contribution in [0.3, 0.4) is 0 Å². The number of rotatable bonds is 5. The van der Waals surface area contributed by atoms with Crippen LogP contribution in [0.4, 0.5) is 0 Å². The molecule has 4 heteroatoms. The normalized spacial score (nSPS) is 12.0. The van der Waals surface area contributed by atoms with Crippen molar-refractivity contribution in [3.8, 4) is 0 Å². The summed E-state index contributed by atoms with van der Waals surface area (Å²) in [6.07, 6.45) is 0. The Bertz CT molecular complexity index is 738. The molecule has 0 saturated carbocycles. The number of carbonyl (C=O) groups excluding carboxylic acids is 1. The second-order valence-electron chi connectivity index (χ2n) is 6.06. The lowest BCUT2D eigenvalue weighted by Crippen LogP contribution is -2.21. The Morgan fingerprint density at radius 1 is 1.04 bits per heavy atom. The summed E-state index contributed by atoms with van der Waals surface area (Å²) in [5, 5.41) is 0. The second-order valence-corrected chi connectivity index (χ2v) is 7.52. The van der Waals surface area contributed by atoms with E-state index in [1.165, 1.54) is 11.1 Å². The van der Waals surface area contributed by atoms with Gasteiger partial charge in [0.1, 0.15) is 0 Å². The van der Waals surface area contributed by atoms with Crippen LogP contribution < -0.4 is 0 Å². The van der Waals surface area contributed by atoms with Crippen LogP contribution in [-0.4, -0.2) is 29.1 Å². The largest absolute Gasteiger partial charge is 0.345 e. The van der Waals surface area contributed by atoms with Crippen molar-refractivity contribution in [3.05, 3.63) is 70.3 Å². The van der Waals surface area contributed by atoms with Crippen LogP contribution >= 0.6 is 0 Å². The second kappa shape index (κ2) is 7.55. The molecule has 3 nitrogen and oxygen atoms in total. The molecule has 1 atom stereocenters. The molecule has 23 heavy (non-hydrogen) atoms. The number of aryl methyl sites for hydroxylation is 2. The standard InChI is InChI=1S/C19H23NO2S/c1-14-8-9-15(2)18(10-14)13-23(22)12-16-6-5-7-17(11-16)19(21)20(3)4/h5-11H,12-13H2,1-4H3/t23-/m1/s1. The van der Waals surface area contributed by atoms with E-state index in [1.807, 2.05) is 32.0 Å². The summed E-state index contributed by atoms with van der Waals surface area (Å²) >= 11 is 0. The summed E-state index contributed by atoms with van der Waals surface area (Å²) in [6, 6.07) is 13.6. The van der Waals surface area contributed by atoms with Crippen molar-refractivity contribution in [3.63, 3.8) is 0 Å². The first kappa shape index (κ1) is 17.4. The zero-order valence-electron chi connectivity index (χ0n) is 14.1. The highest BCUT2D eigenvalue weighted by Gasteiger charge is 2.10. The highest BCUT2D eigenvalue weighted by molar-refractivity contribution is 7.83. The summed E-state index contributed by atoms with van der Waals surface area (Å²) < 4.78 is 12.5. The van der Waals surface area contributed by atoms with Gasteiger partial charge in [-0.1, -0.05) is 35.9 Å². The highest BCUT2D eigenvalue weighted by Crippen LogP contribution is 2.16. The third kappa shape index (κ3) is 4.76. The van der Waals surface area contributed by atoms with E-state index in [1.54, 1.807) is 25.1 Å². The zero-order chi connectivity index (χ0) is 17.0. The molecule has 0 aromatic heterocycles. The first-order valence-corrected chi connectivity index (χ1v) is 9.07. The van der Waals surface area contributed by atoms with E-state index in [9.17, 15) is 9.00 Å². The van der Waals surface area contributed by atoms with Gasteiger partial charge in [0.05, 0.1) is 0 Å². The van der Waals surface area contributed by atoms with E-state index >= 15 is 0 Å². The van der Waals surface area contributed by atoms with Gasteiger partial charge in [-0.05, 0) is 42.7 Å². The van der Waals surface area contributed by atoms with Gasteiger partial charge in [0.25, 0.3) is 5.91 Å². The van der Waals surface area contributed by atoms with Gasteiger partial charge in [0.2, 0.25) is 0 Å². The molecule has 2 rings (SSSR count). The molecular formula is C19H23NO2S. The molecule has 0 aliphatic rings. The van der Waals surface area contributed by atoms with E-state index in [2.05, 4.69) is 18.2 Å². The molecule has 0 bridgehead atoms. The average molecular weight is 329 g/mol. The van der Waals surface area contributed by atoms with Gasteiger partial charge in [0.15, 0.2) is 0 Å². The van der Waals surface area contributed by atoms with Crippen molar-refractivity contribution in [2.45, 2.75) is 25.4 Å². The van der Waals surface area contributed by atoms with E-state index in [4.69, 9.17) is 0 Å². The van der Waals surface area contributed by atoms with Crippen molar-refractivity contribution < 1.29 is 9.00 Å². The summed E-state index contributed by atoms with van der Waals surface area (Å²) in [5.41, 5.74) is 5.04. The van der Waals surface area contributed by atoms with Gasteiger partial charge in [-0.2, -0.15) is 0 Å². The summed E-state index contributed by atoms with van der Waals surface area (Å²) in [6.45, 7) is 4.09. The average Bonchev–Trinajstić information content (AvgIpc) is 2.50. The lowest BCUT2D eigenvalue weighted by atomic mass is 10.1. The fourth-order valence-corrected chi connectivity index (χ4v) is 3.73. The van der Waals surface area contributed by atoms with Crippen molar-refractivity contribution in [1.82, 2.24) is 4.90 Å². The van der Waals surface area contributed by atoms with E-state index < -0.39 is 10.8 Å². The lowest BCUT2D eigenvalue weighted by Gasteiger charge is -2.11. The molecule has 0 fully saturated rings.